The fraction of sp³-hybridized carbons (Fsp3) is 0.280. The summed E-state index contributed by atoms with van der Waals surface area (Å²) in [6.07, 6.45) is 0.829. The molecule has 1 aliphatic rings. The molecule has 5 nitrogen and oxygen atoms in total. The molecule has 0 amide bonds. The largest absolute Gasteiger partial charge is 0.493 e. The Morgan fingerprint density at radius 3 is 2.47 bits per heavy atom. The van der Waals surface area contributed by atoms with Gasteiger partial charge in [-0.1, -0.05) is 18.2 Å². The topological polar surface area (TPSA) is 49.0 Å². The maximum Gasteiger partial charge on any atom is 0.175 e. The Labute approximate surface area is 195 Å². The maximum absolute atomic E-state index is 13.0. The van der Waals surface area contributed by atoms with E-state index in [1.165, 1.54) is 12.1 Å². The molecule has 0 fully saturated rings. The van der Waals surface area contributed by atoms with Crippen molar-refractivity contribution >= 4 is 15.9 Å². The lowest BCUT2D eigenvalue weighted by Crippen LogP contribution is -2.17. The van der Waals surface area contributed by atoms with Gasteiger partial charge in [-0.2, -0.15) is 0 Å². The molecule has 1 N–H and O–H groups in total. The molecule has 0 atom stereocenters. The Kier molecular flexibility index (Phi) is 7.50. The van der Waals surface area contributed by atoms with Crippen LogP contribution >= 0.6 is 15.9 Å². The molecule has 0 radical (unpaired) electrons. The van der Waals surface area contributed by atoms with E-state index in [1.807, 2.05) is 42.5 Å². The summed E-state index contributed by atoms with van der Waals surface area (Å²) in [4.78, 5) is 0. The van der Waals surface area contributed by atoms with E-state index in [2.05, 4.69) is 21.2 Å². The monoisotopic (exact) mass is 501 g/mol. The van der Waals surface area contributed by atoms with Gasteiger partial charge in [-0.3, -0.25) is 0 Å². The van der Waals surface area contributed by atoms with Gasteiger partial charge in [-0.25, -0.2) is 4.39 Å². The van der Waals surface area contributed by atoms with Crippen LogP contribution in [0.3, 0.4) is 0 Å². The van der Waals surface area contributed by atoms with Crippen LogP contribution in [0.4, 0.5) is 4.39 Å². The quantitative estimate of drug-likeness (QED) is 0.404. The summed E-state index contributed by atoms with van der Waals surface area (Å²) in [5.41, 5.74) is 3.15. The lowest BCUT2D eigenvalue weighted by atomic mass is 10.1. The van der Waals surface area contributed by atoms with E-state index >= 15 is 0 Å². The highest BCUT2D eigenvalue weighted by Gasteiger charge is 2.15. The van der Waals surface area contributed by atoms with Crippen molar-refractivity contribution in [2.24, 2.45) is 0 Å². The highest BCUT2D eigenvalue weighted by Crippen LogP contribution is 2.38. The average molecular weight is 502 g/mol. The first-order valence-electron chi connectivity index (χ1n) is 10.5. The molecule has 0 aliphatic carbocycles. The molecule has 3 aromatic carbocycles. The van der Waals surface area contributed by atoms with E-state index in [4.69, 9.17) is 18.9 Å². The fourth-order valence-corrected chi connectivity index (χ4v) is 4.07. The van der Waals surface area contributed by atoms with Gasteiger partial charge in [0.15, 0.2) is 23.0 Å². The van der Waals surface area contributed by atoms with E-state index in [0.29, 0.717) is 37.9 Å². The molecule has 168 valence electrons. The van der Waals surface area contributed by atoms with Crippen molar-refractivity contribution in [2.45, 2.75) is 19.6 Å². The molecule has 0 aromatic heterocycles. The third kappa shape index (κ3) is 5.72. The van der Waals surface area contributed by atoms with Crippen LogP contribution in [-0.4, -0.2) is 26.9 Å². The SMILES string of the molecule is COc1cc(CNCCc2ccc(F)cc2)cc(Br)c1OCc1ccc2c(c1)OCCO2. The van der Waals surface area contributed by atoms with Gasteiger partial charge in [-0.15, -0.1) is 0 Å². The third-order valence-electron chi connectivity index (χ3n) is 5.11. The minimum atomic E-state index is -0.213. The zero-order valence-electron chi connectivity index (χ0n) is 17.8. The second-order valence-electron chi connectivity index (χ2n) is 7.43. The summed E-state index contributed by atoms with van der Waals surface area (Å²) < 4.78 is 36.7. The number of halogens is 2. The highest BCUT2D eigenvalue weighted by atomic mass is 79.9. The summed E-state index contributed by atoms with van der Waals surface area (Å²) in [7, 11) is 1.63. The van der Waals surface area contributed by atoms with Crippen molar-refractivity contribution in [3.63, 3.8) is 0 Å². The van der Waals surface area contributed by atoms with Crippen LogP contribution in [-0.2, 0) is 19.6 Å². The number of ether oxygens (including phenoxy) is 4. The summed E-state index contributed by atoms with van der Waals surface area (Å²) in [6, 6.07) is 16.4. The Morgan fingerprint density at radius 1 is 0.938 bits per heavy atom. The molecule has 0 saturated carbocycles. The Balaban J connectivity index is 1.34. The first kappa shape index (κ1) is 22.4. The Bertz CT molecular complexity index is 1060. The van der Waals surface area contributed by atoms with Crippen LogP contribution in [0.2, 0.25) is 0 Å². The number of methoxy groups -OCH3 is 1. The van der Waals surface area contributed by atoms with Crippen LogP contribution in [0.5, 0.6) is 23.0 Å². The molecule has 1 heterocycles. The summed E-state index contributed by atoms with van der Waals surface area (Å²) in [5, 5.41) is 3.41. The van der Waals surface area contributed by atoms with Gasteiger partial charge in [0.05, 0.1) is 11.6 Å². The number of nitrogens with one attached hydrogen (secondary N) is 1. The second kappa shape index (κ2) is 10.7. The summed E-state index contributed by atoms with van der Waals surface area (Å²) >= 11 is 3.61. The first-order valence-corrected chi connectivity index (χ1v) is 11.2. The Hall–Kier alpha value is -2.77. The van der Waals surface area contributed by atoms with Crippen LogP contribution in [0.1, 0.15) is 16.7 Å². The maximum atomic E-state index is 13.0. The molecule has 0 spiro atoms. The molecule has 3 aromatic rings. The normalized spacial score (nSPS) is 12.5. The van der Waals surface area contributed by atoms with Crippen molar-refractivity contribution in [2.75, 3.05) is 26.9 Å². The van der Waals surface area contributed by atoms with Gasteiger partial charge >= 0.3 is 0 Å². The third-order valence-corrected chi connectivity index (χ3v) is 5.70. The predicted molar refractivity (Wildman–Crippen MR) is 124 cm³/mol. The lowest BCUT2D eigenvalue weighted by molar-refractivity contribution is 0.171. The summed E-state index contributed by atoms with van der Waals surface area (Å²) in [6.45, 7) is 2.96. The highest BCUT2D eigenvalue weighted by molar-refractivity contribution is 9.10. The molecule has 4 rings (SSSR count). The van der Waals surface area contributed by atoms with Crippen LogP contribution in [0.15, 0.2) is 59.1 Å². The first-order chi connectivity index (χ1) is 15.6. The number of hydrogen-bond acceptors (Lipinski definition) is 5. The van der Waals surface area contributed by atoms with Crippen LogP contribution < -0.4 is 24.3 Å². The minimum Gasteiger partial charge on any atom is -0.493 e. The number of fused-ring (bicyclic) bond motifs is 1. The molecular weight excluding hydrogens is 477 g/mol. The van der Waals surface area contributed by atoms with E-state index in [1.54, 1.807) is 7.11 Å². The van der Waals surface area contributed by atoms with Gasteiger partial charge in [0, 0.05) is 6.54 Å². The van der Waals surface area contributed by atoms with Crippen molar-refractivity contribution in [1.82, 2.24) is 5.32 Å². The molecular formula is C25H25BrFNO4. The van der Waals surface area contributed by atoms with Crippen LogP contribution in [0, 0.1) is 5.82 Å². The fourth-order valence-electron chi connectivity index (χ4n) is 3.46. The predicted octanol–water partition coefficient (Wildman–Crippen LogP) is 5.28. The van der Waals surface area contributed by atoms with E-state index in [9.17, 15) is 4.39 Å². The molecule has 32 heavy (non-hydrogen) atoms. The molecule has 7 heteroatoms. The average Bonchev–Trinajstić information content (AvgIpc) is 2.82. The lowest BCUT2D eigenvalue weighted by Gasteiger charge is -2.19. The zero-order chi connectivity index (χ0) is 22.3. The standard InChI is InChI=1S/C25H25BrFNO4/c1-29-24-14-19(15-28-9-8-17-2-5-20(27)6-3-17)12-21(26)25(24)32-16-18-4-7-22-23(13-18)31-11-10-30-22/h2-7,12-14,28H,8-11,15-16H2,1H3. The number of hydrogen-bond donors (Lipinski definition) is 1. The van der Waals surface area contributed by atoms with E-state index < -0.39 is 0 Å². The van der Waals surface area contributed by atoms with Gasteiger partial charge < -0.3 is 24.3 Å². The van der Waals surface area contributed by atoms with Crippen molar-refractivity contribution in [1.29, 1.82) is 0 Å². The number of benzene rings is 3. The van der Waals surface area contributed by atoms with Gasteiger partial charge in [0.1, 0.15) is 25.6 Å². The molecule has 0 bridgehead atoms. The van der Waals surface area contributed by atoms with Crippen LogP contribution in [0.25, 0.3) is 0 Å². The number of rotatable bonds is 9. The molecule has 1 aliphatic heterocycles. The van der Waals surface area contributed by atoms with E-state index in [-0.39, 0.29) is 5.82 Å². The van der Waals surface area contributed by atoms with Gasteiger partial charge in [0.2, 0.25) is 0 Å². The minimum absolute atomic E-state index is 0.213. The zero-order valence-corrected chi connectivity index (χ0v) is 19.4. The molecule has 0 unspecified atom stereocenters. The van der Waals surface area contributed by atoms with Crippen molar-refractivity contribution in [3.8, 4) is 23.0 Å². The second-order valence-corrected chi connectivity index (χ2v) is 8.28. The van der Waals surface area contributed by atoms with Gasteiger partial charge in [-0.05, 0) is 82.0 Å². The summed E-state index contributed by atoms with van der Waals surface area (Å²) in [5.74, 6) is 2.60. The Morgan fingerprint density at radius 2 is 1.69 bits per heavy atom. The van der Waals surface area contributed by atoms with Crippen molar-refractivity contribution in [3.05, 3.63) is 81.6 Å². The molecule has 0 saturated heterocycles. The van der Waals surface area contributed by atoms with Gasteiger partial charge in [0.25, 0.3) is 0 Å². The smallest absolute Gasteiger partial charge is 0.175 e. The van der Waals surface area contributed by atoms with E-state index in [0.717, 1.165) is 45.6 Å². The van der Waals surface area contributed by atoms with Crippen molar-refractivity contribution < 1.29 is 23.3 Å².